The largest absolute Gasteiger partial charge is 0.464 e. The van der Waals surface area contributed by atoms with E-state index in [1.807, 2.05) is 37.3 Å². The molecule has 7 nitrogen and oxygen atoms in total. The van der Waals surface area contributed by atoms with Crippen LogP contribution in [0, 0.1) is 0 Å². The van der Waals surface area contributed by atoms with Crippen molar-refractivity contribution >= 4 is 67.2 Å². The summed E-state index contributed by atoms with van der Waals surface area (Å²) in [6.07, 6.45) is 2.33. The SMILES string of the molecule is CCCCOC(=O)CN(c1cccc2c(NC(=O)CCc3ccccc3)cccc12)S(=O)(=O)c1cc(Cl)cc(Cl)c1. The number of nitrogens with one attached hydrogen (secondary N) is 1. The van der Waals surface area contributed by atoms with E-state index in [9.17, 15) is 18.0 Å². The fourth-order valence-corrected chi connectivity index (χ4v) is 6.49. The van der Waals surface area contributed by atoms with Crippen molar-refractivity contribution < 1.29 is 22.7 Å². The summed E-state index contributed by atoms with van der Waals surface area (Å²) in [6.45, 7) is 1.57. The Balaban J connectivity index is 1.71. The highest BCUT2D eigenvalue weighted by Crippen LogP contribution is 2.35. The van der Waals surface area contributed by atoms with Gasteiger partial charge in [0.05, 0.1) is 17.2 Å². The number of hydrogen-bond donors (Lipinski definition) is 1. The molecule has 0 aliphatic rings. The van der Waals surface area contributed by atoms with Crippen molar-refractivity contribution in [2.24, 2.45) is 0 Å². The van der Waals surface area contributed by atoms with Gasteiger partial charge in [-0.2, -0.15) is 0 Å². The van der Waals surface area contributed by atoms with Gasteiger partial charge < -0.3 is 10.1 Å². The predicted molar refractivity (Wildman–Crippen MR) is 164 cm³/mol. The van der Waals surface area contributed by atoms with E-state index in [4.69, 9.17) is 27.9 Å². The highest BCUT2D eigenvalue weighted by atomic mass is 35.5. The van der Waals surface area contributed by atoms with Gasteiger partial charge in [0.1, 0.15) is 6.54 Å². The van der Waals surface area contributed by atoms with Gasteiger partial charge in [0.25, 0.3) is 10.0 Å². The summed E-state index contributed by atoms with van der Waals surface area (Å²) in [5, 5.41) is 4.36. The summed E-state index contributed by atoms with van der Waals surface area (Å²) in [7, 11) is -4.32. The summed E-state index contributed by atoms with van der Waals surface area (Å²) in [5.74, 6) is -0.873. The van der Waals surface area contributed by atoms with Crippen LogP contribution in [-0.2, 0) is 30.8 Å². The Morgan fingerprint density at radius 3 is 2.27 bits per heavy atom. The molecule has 0 atom stereocenters. The van der Waals surface area contributed by atoms with Gasteiger partial charge in [-0.1, -0.05) is 91.1 Å². The maximum Gasteiger partial charge on any atom is 0.326 e. The normalized spacial score (nSPS) is 11.3. The molecule has 0 aliphatic carbocycles. The van der Waals surface area contributed by atoms with Gasteiger partial charge >= 0.3 is 5.97 Å². The predicted octanol–water partition coefficient (Wildman–Crippen LogP) is 7.26. The van der Waals surface area contributed by atoms with E-state index in [1.165, 1.54) is 18.2 Å². The molecule has 1 N–H and O–H groups in total. The smallest absolute Gasteiger partial charge is 0.326 e. The van der Waals surface area contributed by atoms with E-state index in [0.717, 1.165) is 16.3 Å². The average molecular weight is 614 g/mol. The van der Waals surface area contributed by atoms with Crippen LogP contribution in [0.5, 0.6) is 0 Å². The highest BCUT2D eigenvalue weighted by molar-refractivity contribution is 7.93. The van der Waals surface area contributed by atoms with Crippen molar-refractivity contribution in [3.63, 3.8) is 0 Å². The highest BCUT2D eigenvalue weighted by Gasteiger charge is 2.30. The van der Waals surface area contributed by atoms with Crippen LogP contribution in [0.2, 0.25) is 10.0 Å². The Hall–Kier alpha value is -3.59. The molecule has 0 saturated heterocycles. The zero-order valence-electron chi connectivity index (χ0n) is 22.5. The monoisotopic (exact) mass is 612 g/mol. The van der Waals surface area contributed by atoms with Crippen molar-refractivity contribution in [3.05, 3.63) is 101 Å². The van der Waals surface area contributed by atoms with Gasteiger partial charge in [-0.15, -0.1) is 0 Å². The number of aryl methyl sites for hydroxylation is 1. The molecule has 4 aromatic rings. The molecule has 4 aromatic carbocycles. The molecule has 214 valence electrons. The topological polar surface area (TPSA) is 92.8 Å². The Labute approximate surface area is 250 Å². The molecule has 0 bridgehead atoms. The minimum atomic E-state index is -4.32. The lowest BCUT2D eigenvalue weighted by Gasteiger charge is -2.25. The van der Waals surface area contributed by atoms with Gasteiger partial charge in [-0.3, -0.25) is 13.9 Å². The lowest BCUT2D eigenvalue weighted by Crippen LogP contribution is -2.37. The van der Waals surface area contributed by atoms with Crippen LogP contribution in [0.3, 0.4) is 0 Å². The zero-order chi connectivity index (χ0) is 29.4. The van der Waals surface area contributed by atoms with Gasteiger partial charge in [0.2, 0.25) is 5.91 Å². The first kappa shape index (κ1) is 30.4. The number of benzene rings is 4. The number of unbranched alkanes of at least 4 members (excludes halogenated alkanes) is 1. The van der Waals surface area contributed by atoms with Crippen LogP contribution in [0.1, 0.15) is 31.7 Å². The van der Waals surface area contributed by atoms with Gasteiger partial charge in [-0.25, -0.2) is 8.42 Å². The lowest BCUT2D eigenvalue weighted by atomic mass is 10.1. The molecule has 0 heterocycles. The molecule has 0 saturated carbocycles. The Bertz CT molecular complexity index is 1630. The molecule has 0 aliphatic heterocycles. The molecule has 0 radical (unpaired) electrons. The van der Waals surface area contributed by atoms with Crippen molar-refractivity contribution in [2.45, 2.75) is 37.5 Å². The van der Waals surface area contributed by atoms with Crippen LogP contribution < -0.4 is 9.62 Å². The van der Waals surface area contributed by atoms with Crippen LogP contribution in [0.15, 0.2) is 89.8 Å². The second-order valence-electron chi connectivity index (χ2n) is 9.40. The summed E-state index contributed by atoms with van der Waals surface area (Å²) in [6, 6.07) is 24.0. The van der Waals surface area contributed by atoms with Crippen LogP contribution in [-0.4, -0.2) is 33.4 Å². The van der Waals surface area contributed by atoms with Gasteiger partial charge in [-0.05, 0) is 48.7 Å². The molecule has 0 fully saturated rings. The average Bonchev–Trinajstić information content (AvgIpc) is 2.95. The van der Waals surface area contributed by atoms with Crippen molar-refractivity contribution in [1.82, 2.24) is 0 Å². The van der Waals surface area contributed by atoms with E-state index in [2.05, 4.69) is 5.32 Å². The number of halogens is 2. The molecule has 0 unspecified atom stereocenters. The van der Waals surface area contributed by atoms with E-state index in [0.29, 0.717) is 29.3 Å². The molecule has 4 rings (SSSR count). The fraction of sp³-hybridized carbons (Fsp3) is 0.226. The summed E-state index contributed by atoms with van der Waals surface area (Å²) < 4.78 is 34.2. The molecular formula is C31H30Cl2N2O5S. The van der Waals surface area contributed by atoms with Crippen LogP contribution in [0.4, 0.5) is 11.4 Å². The van der Waals surface area contributed by atoms with E-state index >= 15 is 0 Å². The molecule has 1 amide bonds. The summed E-state index contributed by atoms with van der Waals surface area (Å²) in [4.78, 5) is 25.5. The Morgan fingerprint density at radius 1 is 0.878 bits per heavy atom. The molecular weight excluding hydrogens is 583 g/mol. The molecule has 0 spiro atoms. The van der Waals surface area contributed by atoms with Crippen molar-refractivity contribution in [2.75, 3.05) is 22.8 Å². The third-order valence-electron chi connectivity index (χ3n) is 6.38. The van der Waals surface area contributed by atoms with E-state index in [1.54, 1.807) is 36.4 Å². The second kappa shape index (κ2) is 13.9. The number of carbonyl (C=O) groups is 2. The number of anilines is 2. The number of amides is 1. The maximum absolute atomic E-state index is 14.0. The minimum Gasteiger partial charge on any atom is -0.464 e. The number of nitrogens with zero attached hydrogens (tertiary/aromatic N) is 1. The summed E-state index contributed by atoms with van der Waals surface area (Å²) >= 11 is 12.3. The number of sulfonamides is 1. The Kier molecular flexibility index (Phi) is 10.3. The van der Waals surface area contributed by atoms with Gasteiger partial charge in [0, 0.05) is 32.9 Å². The first-order chi connectivity index (χ1) is 19.7. The van der Waals surface area contributed by atoms with E-state index in [-0.39, 0.29) is 39.6 Å². The first-order valence-electron chi connectivity index (χ1n) is 13.2. The third-order valence-corrected chi connectivity index (χ3v) is 8.56. The Morgan fingerprint density at radius 2 is 1.56 bits per heavy atom. The van der Waals surface area contributed by atoms with E-state index < -0.39 is 22.5 Å². The number of fused-ring (bicyclic) bond motifs is 1. The van der Waals surface area contributed by atoms with Crippen molar-refractivity contribution in [3.8, 4) is 0 Å². The lowest BCUT2D eigenvalue weighted by molar-refractivity contribution is -0.141. The molecule has 0 aromatic heterocycles. The fourth-order valence-electron chi connectivity index (χ4n) is 4.33. The number of esters is 1. The third kappa shape index (κ3) is 7.79. The summed E-state index contributed by atoms with van der Waals surface area (Å²) in [5.41, 5.74) is 1.82. The van der Waals surface area contributed by atoms with Crippen molar-refractivity contribution in [1.29, 1.82) is 0 Å². The molecule has 10 heteroatoms. The number of ether oxygens (including phenoxy) is 1. The minimum absolute atomic E-state index is 0.139. The van der Waals surface area contributed by atoms with Crippen LogP contribution in [0.25, 0.3) is 10.8 Å². The quantitative estimate of drug-likeness (QED) is 0.134. The van der Waals surface area contributed by atoms with Crippen LogP contribution >= 0.6 is 23.2 Å². The zero-order valence-corrected chi connectivity index (χ0v) is 24.8. The molecule has 41 heavy (non-hydrogen) atoms. The number of hydrogen-bond acceptors (Lipinski definition) is 5. The number of rotatable bonds is 12. The maximum atomic E-state index is 14.0. The standard InChI is InChI=1S/C31H30Cl2N2O5S/c1-2-3-17-40-31(37)21-35(41(38,39)25-19-23(32)18-24(33)20-25)29-14-8-11-26-27(29)12-7-13-28(26)34-30(36)16-15-22-9-5-4-6-10-22/h4-14,18-20H,2-3,15-17,21H2,1H3,(H,34,36). The van der Waals surface area contributed by atoms with Gasteiger partial charge in [0.15, 0.2) is 0 Å². The number of carbonyl (C=O) groups excluding carboxylic acids is 2. The second-order valence-corrected chi connectivity index (χ2v) is 12.1. The first-order valence-corrected chi connectivity index (χ1v) is 15.4.